The maximum absolute atomic E-state index is 14.9. The van der Waals surface area contributed by atoms with E-state index in [0.29, 0.717) is 22.1 Å². The molecule has 50 heavy (non-hydrogen) atoms. The molecule has 0 spiro atoms. The lowest BCUT2D eigenvalue weighted by atomic mass is 9.51. The number of carbonyl (C=O) groups excluding carboxylic acids is 4. The maximum Gasteiger partial charge on any atom is 0.305 e. The van der Waals surface area contributed by atoms with Crippen molar-refractivity contribution in [3.8, 4) is 16.3 Å². The first-order valence-electron chi connectivity index (χ1n) is 16.5. The number of nitrogens with zero attached hydrogens (tertiary/aromatic N) is 4. The number of thiophene rings is 1. The monoisotopic (exact) mass is 712 g/mol. The van der Waals surface area contributed by atoms with Gasteiger partial charge in [0.15, 0.2) is 0 Å². The number of likely N-dealkylation sites (tertiary alicyclic amines) is 1. The highest BCUT2D eigenvalue weighted by Gasteiger charge is 2.68. The highest BCUT2D eigenvalue weighted by molar-refractivity contribution is 7.22. The van der Waals surface area contributed by atoms with E-state index in [-0.39, 0.29) is 31.6 Å². The van der Waals surface area contributed by atoms with E-state index in [0.717, 1.165) is 31.0 Å². The Bertz CT molecular complexity index is 2220. The van der Waals surface area contributed by atoms with Crippen LogP contribution < -0.4 is 4.90 Å². The number of fused-ring (bicyclic) bond motifs is 5. The van der Waals surface area contributed by atoms with E-state index in [9.17, 15) is 34.2 Å². The third kappa shape index (κ3) is 4.47. The van der Waals surface area contributed by atoms with Crippen LogP contribution in [-0.4, -0.2) is 61.0 Å². The van der Waals surface area contributed by atoms with Crippen LogP contribution in [0.1, 0.15) is 43.2 Å². The molecule has 256 valence electrons. The molecule has 1 saturated carbocycles. The van der Waals surface area contributed by atoms with E-state index >= 15 is 0 Å². The molecule has 13 heteroatoms. The average Bonchev–Trinajstić information content (AvgIpc) is 3.74. The van der Waals surface area contributed by atoms with Crippen LogP contribution in [0.4, 0.5) is 5.82 Å². The van der Waals surface area contributed by atoms with Crippen molar-refractivity contribution in [2.24, 2.45) is 36.1 Å². The molecule has 4 amide bonds. The third-order valence-electron chi connectivity index (χ3n) is 11.4. The van der Waals surface area contributed by atoms with Gasteiger partial charge in [-0.1, -0.05) is 41.4 Å². The van der Waals surface area contributed by atoms with Gasteiger partial charge in [0.1, 0.15) is 17.3 Å². The zero-order chi connectivity index (χ0) is 35.4. The molecule has 4 heterocycles. The number of allylic oxidation sites excluding steroid dienone is 2. The van der Waals surface area contributed by atoms with Crippen molar-refractivity contribution in [2.75, 3.05) is 11.4 Å². The number of halogens is 1. The second-order valence-corrected chi connectivity index (χ2v) is 15.4. The van der Waals surface area contributed by atoms with Crippen LogP contribution in [-0.2, 0) is 31.0 Å². The fourth-order valence-electron chi connectivity index (χ4n) is 9.02. The number of hydrogen-bond donors (Lipinski definition) is 2. The summed E-state index contributed by atoms with van der Waals surface area (Å²) in [7, 11) is 1.69. The largest absolute Gasteiger partial charge is 0.508 e. The molecule has 4 aromatic rings. The number of aromatic hydroxyl groups is 1. The lowest BCUT2D eigenvalue weighted by Crippen LogP contribution is -2.49. The molecule has 4 aliphatic rings. The number of aromatic nitrogens is 2. The normalized spacial score (nSPS) is 27.5. The van der Waals surface area contributed by atoms with E-state index in [4.69, 9.17) is 16.7 Å². The summed E-state index contributed by atoms with van der Waals surface area (Å²) in [5.74, 6) is -6.33. The molecule has 0 unspecified atom stereocenters. The number of carboxylic acid groups (broad SMARTS) is 1. The lowest BCUT2D eigenvalue weighted by molar-refractivity contribution is -0.142. The molecule has 0 bridgehead atoms. The van der Waals surface area contributed by atoms with E-state index in [1.807, 2.05) is 31.2 Å². The van der Waals surface area contributed by atoms with Crippen LogP contribution >= 0.6 is 22.9 Å². The minimum atomic E-state index is -1.34. The number of benzene rings is 2. The fourth-order valence-corrected chi connectivity index (χ4v) is 10.3. The van der Waals surface area contributed by atoms with Gasteiger partial charge < -0.3 is 10.2 Å². The first-order chi connectivity index (χ1) is 23.8. The van der Waals surface area contributed by atoms with Crippen molar-refractivity contribution in [3.63, 3.8) is 0 Å². The molecule has 2 saturated heterocycles. The van der Waals surface area contributed by atoms with Crippen molar-refractivity contribution >= 4 is 68.4 Å². The highest BCUT2D eigenvalue weighted by Crippen LogP contribution is 2.64. The number of amides is 4. The Hall–Kier alpha value is -4.81. The first-order valence-corrected chi connectivity index (χ1v) is 17.7. The Labute approximate surface area is 295 Å². The molecule has 2 aromatic heterocycles. The standard InChI is InChI=1S/C37H33ClN4O7S/c1-17-22-14-18(38)8-11-27(22)50-32(17)25-16-28(40(3)39-25)42-34(47)24-15-23-19(31(37(24,2)36(42)49)20-6-4-5-7-26(20)43)9-10-21-30(23)35(48)41(33(21)46)13-12-29(44)45/h4-9,11,14,16,21,23-24,30-31,43H,10,12-13,15H2,1-3H3,(H,44,45)/t21-,23+,24-,30-,31+,37+/m0/s1. The predicted octanol–water partition coefficient (Wildman–Crippen LogP) is 5.67. The average molecular weight is 713 g/mol. The van der Waals surface area contributed by atoms with Crippen LogP contribution in [0.2, 0.25) is 5.02 Å². The molecule has 11 nitrogen and oxygen atoms in total. The van der Waals surface area contributed by atoms with Gasteiger partial charge >= 0.3 is 5.97 Å². The molecule has 2 aliphatic heterocycles. The van der Waals surface area contributed by atoms with Gasteiger partial charge in [-0.2, -0.15) is 5.10 Å². The fraction of sp³-hybridized carbons (Fsp3) is 0.351. The predicted molar refractivity (Wildman–Crippen MR) is 185 cm³/mol. The van der Waals surface area contributed by atoms with Gasteiger partial charge in [-0.25, -0.2) is 4.90 Å². The smallest absolute Gasteiger partial charge is 0.305 e. The molecule has 2 aliphatic carbocycles. The summed E-state index contributed by atoms with van der Waals surface area (Å²) in [6.45, 7) is 3.51. The Morgan fingerprint density at radius 2 is 1.82 bits per heavy atom. The minimum Gasteiger partial charge on any atom is -0.508 e. The molecule has 3 fully saturated rings. The van der Waals surface area contributed by atoms with Crippen molar-refractivity contribution in [1.82, 2.24) is 14.7 Å². The molecular weight excluding hydrogens is 680 g/mol. The Morgan fingerprint density at radius 3 is 2.56 bits per heavy atom. The molecule has 6 atom stereocenters. The minimum absolute atomic E-state index is 0.0417. The summed E-state index contributed by atoms with van der Waals surface area (Å²) in [5.41, 5.74) is 1.44. The molecule has 2 aromatic carbocycles. The highest BCUT2D eigenvalue weighted by atomic mass is 35.5. The second kappa shape index (κ2) is 11.4. The maximum atomic E-state index is 14.9. The van der Waals surface area contributed by atoms with E-state index in [1.165, 1.54) is 15.6 Å². The van der Waals surface area contributed by atoms with Crippen molar-refractivity contribution in [2.45, 2.75) is 39.0 Å². The molecular formula is C37H33ClN4O7S. The van der Waals surface area contributed by atoms with Crippen molar-refractivity contribution in [1.29, 1.82) is 0 Å². The van der Waals surface area contributed by atoms with E-state index < -0.39 is 64.6 Å². The second-order valence-electron chi connectivity index (χ2n) is 13.9. The van der Waals surface area contributed by atoms with Crippen molar-refractivity contribution in [3.05, 3.63) is 76.3 Å². The number of rotatable bonds is 6. The number of hydrogen-bond acceptors (Lipinski definition) is 8. The van der Waals surface area contributed by atoms with Crippen molar-refractivity contribution < 1.29 is 34.2 Å². The summed E-state index contributed by atoms with van der Waals surface area (Å²) in [6.07, 6.45) is 1.90. The van der Waals surface area contributed by atoms with Gasteiger partial charge in [0.25, 0.3) is 0 Å². The van der Waals surface area contributed by atoms with Gasteiger partial charge in [-0.15, -0.1) is 11.3 Å². The van der Waals surface area contributed by atoms with Gasteiger partial charge in [-0.05, 0) is 67.8 Å². The zero-order valence-corrected chi connectivity index (χ0v) is 29.0. The van der Waals surface area contributed by atoms with Crippen LogP contribution in [0.3, 0.4) is 0 Å². The quantitative estimate of drug-likeness (QED) is 0.192. The summed E-state index contributed by atoms with van der Waals surface area (Å²) in [6, 6.07) is 14.1. The Morgan fingerprint density at radius 1 is 1.06 bits per heavy atom. The summed E-state index contributed by atoms with van der Waals surface area (Å²) >= 11 is 7.82. The number of carboxylic acids is 1. The number of phenolic OH excluding ortho intramolecular Hbond substituents is 1. The number of carbonyl (C=O) groups is 5. The van der Waals surface area contributed by atoms with Gasteiger partial charge in [0, 0.05) is 40.9 Å². The SMILES string of the molecule is Cc1c(-c2cc(N3C(=O)[C@@H]4C[C@@H]5C(=CC[C@@H]6C(=O)N(CCC(=O)O)C(=O)[C@@H]65)[C@H](c5ccccc5O)[C@]4(C)C3=O)n(C)n2)sc2ccc(Cl)cc12. The lowest BCUT2D eigenvalue weighted by Gasteiger charge is -2.49. The number of aryl methyl sites for hydroxylation is 2. The molecule has 8 rings (SSSR count). The zero-order valence-electron chi connectivity index (χ0n) is 27.4. The van der Waals surface area contributed by atoms with Gasteiger partial charge in [-0.3, -0.25) is 33.6 Å². The summed E-state index contributed by atoms with van der Waals surface area (Å²) < 4.78 is 2.56. The van der Waals surface area contributed by atoms with Crippen LogP contribution in [0.5, 0.6) is 5.75 Å². The van der Waals surface area contributed by atoms with E-state index in [1.54, 1.807) is 49.6 Å². The number of imide groups is 2. The summed E-state index contributed by atoms with van der Waals surface area (Å²) in [4.78, 5) is 71.3. The number of para-hydroxylation sites is 1. The van der Waals surface area contributed by atoms with E-state index in [2.05, 4.69) is 0 Å². The third-order valence-corrected chi connectivity index (χ3v) is 12.9. The number of anilines is 1. The van der Waals surface area contributed by atoms with Gasteiger partial charge in [0.05, 0.1) is 34.5 Å². The number of phenols is 1. The van der Waals surface area contributed by atoms with Crippen LogP contribution in [0.25, 0.3) is 20.7 Å². The molecule has 0 radical (unpaired) electrons. The summed E-state index contributed by atoms with van der Waals surface area (Å²) in [5, 5.41) is 26.8. The topological polar surface area (TPSA) is 150 Å². The van der Waals surface area contributed by atoms with Gasteiger partial charge in [0.2, 0.25) is 23.6 Å². The first kappa shape index (κ1) is 32.4. The Kier molecular flexibility index (Phi) is 7.36. The molecule has 2 N–H and O–H groups in total. The number of aliphatic carboxylic acids is 1. The van der Waals surface area contributed by atoms with Crippen LogP contribution in [0.15, 0.2) is 60.2 Å². The van der Waals surface area contributed by atoms with Crippen LogP contribution in [0, 0.1) is 36.0 Å². The Balaban J connectivity index is 1.22.